The molecule has 57 heavy (non-hydrogen) atoms. The van der Waals surface area contributed by atoms with Gasteiger partial charge in [0, 0.05) is 28.3 Å². The molecule has 3 heterocycles. The molecule has 9 aromatic rings. The second kappa shape index (κ2) is 13.8. The van der Waals surface area contributed by atoms with E-state index >= 15 is 0 Å². The summed E-state index contributed by atoms with van der Waals surface area (Å²) >= 11 is 0. The summed E-state index contributed by atoms with van der Waals surface area (Å²) in [6.45, 7) is 7.53. The molecule has 1 aliphatic rings. The van der Waals surface area contributed by atoms with E-state index in [2.05, 4.69) is 229 Å². The highest BCUT2D eigenvalue weighted by atomic mass is 28.3. The largest absolute Gasteiger partial charge is 0.321 e. The predicted octanol–water partition coefficient (Wildman–Crippen LogP) is 10.1. The normalized spacial score (nSPS) is 13.0. The van der Waals surface area contributed by atoms with E-state index in [0.717, 1.165) is 18.0 Å². The van der Waals surface area contributed by atoms with Crippen LogP contribution < -0.4 is 30.5 Å². The molecule has 0 saturated heterocycles. The summed E-state index contributed by atoms with van der Waals surface area (Å²) in [5.41, 5.74) is 8.37. The molecular weight excluding hydrogens is 709 g/mol. The Balaban J connectivity index is 1.23. The van der Waals surface area contributed by atoms with Crippen LogP contribution in [-0.4, -0.2) is 24.3 Å². The van der Waals surface area contributed by atoms with E-state index < -0.39 is 8.07 Å². The Kier molecular flexibility index (Phi) is 8.42. The van der Waals surface area contributed by atoms with E-state index in [4.69, 9.17) is 4.98 Å². The fraction of sp³-hybridized carbons (Fsp3) is 0.0962. The summed E-state index contributed by atoms with van der Waals surface area (Å²) in [4.78, 5) is 9.91. The smallest absolute Gasteiger partial charge is 0.179 e. The van der Waals surface area contributed by atoms with Gasteiger partial charge in [0.1, 0.15) is 12.5 Å². The fourth-order valence-electron chi connectivity index (χ4n) is 9.01. The quantitative estimate of drug-likeness (QED) is 0.120. The van der Waals surface area contributed by atoms with Crippen LogP contribution in [-0.2, 0) is 5.41 Å². The Morgan fingerprint density at radius 1 is 0.456 bits per heavy atom. The fourth-order valence-corrected chi connectivity index (χ4v) is 13.8. The number of fused-ring (bicyclic) bond motifs is 4. The van der Waals surface area contributed by atoms with Crippen LogP contribution in [0.2, 0.25) is 0 Å². The maximum Gasteiger partial charge on any atom is 0.179 e. The monoisotopic (exact) mass is 752 g/mol. The number of pyridine rings is 1. The van der Waals surface area contributed by atoms with E-state index in [1.165, 1.54) is 65.3 Å². The third-order valence-electron chi connectivity index (χ3n) is 11.8. The number of aromatic nitrogens is 2. The van der Waals surface area contributed by atoms with Crippen molar-refractivity contribution in [1.82, 2.24) is 9.55 Å². The molecule has 10 rings (SSSR count). The van der Waals surface area contributed by atoms with Crippen LogP contribution in [0, 0.1) is 0 Å². The molecule has 0 N–H and O–H groups in total. The van der Waals surface area contributed by atoms with E-state index in [-0.39, 0.29) is 5.41 Å². The summed E-state index contributed by atoms with van der Waals surface area (Å²) in [6, 6.07) is 71.8. The van der Waals surface area contributed by atoms with Gasteiger partial charge in [0.25, 0.3) is 0 Å². The third kappa shape index (κ3) is 5.77. The zero-order valence-corrected chi connectivity index (χ0v) is 33.5. The number of benzene rings is 7. The first-order valence-corrected chi connectivity index (χ1v) is 21.8. The van der Waals surface area contributed by atoms with Crippen LogP contribution in [0.15, 0.2) is 200 Å². The van der Waals surface area contributed by atoms with Crippen LogP contribution in [0.5, 0.6) is 0 Å². The highest BCUT2D eigenvalue weighted by Crippen LogP contribution is 2.44. The van der Waals surface area contributed by atoms with Gasteiger partial charge in [-0.25, -0.2) is 4.98 Å². The van der Waals surface area contributed by atoms with Gasteiger partial charge >= 0.3 is 0 Å². The first-order valence-electron chi connectivity index (χ1n) is 19.8. The number of anilines is 4. The highest BCUT2D eigenvalue weighted by molar-refractivity contribution is 7.20. The third-order valence-corrected chi connectivity index (χ3v) is 16.5. The molecule has 0 bridgehead atoms. The van der Waals surface area contributed by atoms with Gasteiger partial charge in [0.15, 0.2) is 8.07 Å². The topological polar surface area (TPSA) is 24.3 Å². The van der Waals surface area contributed by atoms with Gasteiger partial charge in [-0.3, -0.25) is 4.57 Å². The van der Waals surface area contributed by atoms with Crippen LogP contribution in [0.4, 0.5) is 22.7 Å². The van der Waals surface area contributed by atoms with Crippen molar-refractivity contribution in [2.45, 2.75) is 26.2 Å². The van der Waals surface area contributed by atoms with Gasteiger partial charge in [-0.15, -0.1) is 0 Å². The standard InChI is InChI=1S/C52H44N4Si/c1-52(2,3)38-32-33-53-51(34-38)56-47-27-14-13-26-45(47)46-31-30-44(36-50(46)56)57(41-21-9-5-10-22-41,42-23-11-6-12-24-42)43-25-17-20-40(35-43)55-37-54(39-18-7-4-8-19-39)48-28-15-16-29-49(48)55/h4-36H,37H2,1-3H3. The molecule has 0 aliphatic carbocycles. The lowest BCUT2D eigenvalue weighted by atomic mass is 9.88. The van der Waals surface area contributed by atoms with Crippen molar-refractivity contribution in [3.63, 3.8) is 0 Å². The molecule has 7 aromatic carbocycles. The predicted molar refractivity (Wildman–Crippen MR) is 243 cm³/mol. The van der Waals surface area contributed by atoms with Gasteiger partial charge in [0.05, 0.1) is 22.4 Å². The summed E-state index contributed by atoms with van der Waals surface area (Å²) in [5, 5.41) is 7.80. The zero-order chi connectivity index (χ0) is 38.6. The maximum absolute atomic E-state index is 5.03. The van der Waals surface area contributed by atoms with Crippen molar-refractivity contribution in [3.8, 4) is 5.82 Å². The molecule has 0 radical (unpaired) electrons. The molecule has 0 atom stereocenters. The SMILES string of the molecule is CC(C)(C)c1ccnc(-n2c3ccccc3c3ccc([Si](c4ccccc4)(c4ccccc4)c4cccc(N5CN(c6ccccc6)c6ccccc65)c4)cc32)c1. The lowest BCUT2D eigenvalue weighted by molar-refractivity contribution is 0.588. The molecule has 0 unspecified atom stereocenters. The van der Waals surface area contributed by atoms with E-state index in [1.54, 1.807) is 0 Å². The average molecular weight is 753 g/mol. The molecular formula is C52H44N4Si. The van der Waals surface area contributed by atoms with Crippen LogP contribution in [0.25, 0.3) is 27.6 Å². The van der Waals surface area contributed by atoms with Gasteiger partial charge in [-0.05, 0) is 92.4 Å². The summed E-state index contributed by atoms with van der Waals surface area (Å²) in [7, 11) is -2.96. The van der Waals surface area contributed by atoms with Crippen LogP contribution in [0.1, 0.15) is 26.3 Å². The maximum atomic E-state index is 5.03. The van der Waals surface area contributed by atoms with Gasteiger partial charge < -0.3 is 9.80 Å². The summed E-state index contributed by atoms with van der Waals surface area (Å²) in [5.74, 6) is 0.940. The van der Waals surface area contributed by atoms with Crippen LogP contribution in [0.3, 0.4) is 0 Å². The Morgan fingerprint density at radius 3 is 1.68 bits per heavy atom. The number of nitrogens with zero attached hydrogens (tertiary/aromatic N) is 4. The number of hydrogen-bond acceptors (Lipinski definition) is 3. The molecule has 4 nitrogen and oxygen atoms in total. The van der Waals surface area contributed by atoms with Crippen LogP contribution >= 0.6 is 0 Å². The second-order valence-electron chi connectivity index (χ2n) is 16.1. The van der Waals surface area contributed by atoms with E-state index in [0.29, 0.717) is 0 Å². The first kappa shape index (κ1) is 34.8. The minimum atomic E-state index is -2.96. The Morgan fingerprint density at radius 2 is 1.00 bits per heavy atom. The Labute approximate surface area is 335 Å². The molecule has 1 aliphatic heterocycles. The number of hydrogen-bond donors (Lipinski definition) is 0. The minimum Gasteiger partial charge on any atom is -0.321 e. The lowest BCUT2D eigenvalue weighted by Gasteiger charge is -2.35. The highest BCUT2D eigenvalue weighted by Gasteiger charge is 2.42. The zero-order valence-electron chi connectivity index (χ0n) is 32.5. The summed E-state index contributed by atoms with van der Waals surface area (Å²) in [6.07, 6.45) is 1.97. The van der Waals surface area contributed by atoms with E-state index in [9.17, 15) is 0 Å². The lowest BCUT2D eigenvalue weighted by Crippen LogP contribution is -2.74. The van der Waals surface area contributed by atoms with Crippen molar-refractivity contribution in [2.75, 3.05) is 16.5 Å². The Hall–Kier alpha value is -6.69. The van der Waals surface area contributed by atoms with Gasteiger partial charge in [-0.1, -0.05) is 154 Å². The molecule has 2 aromatic heterocycles. The molecule has 0 fully saturated rings. The van der Waals surface area contributed by atoms with Crippen molar-refractivity contribution < 1.29 is 0 Å². The average Bonchev–Trinajstić information content (AvgIpc) is 3.81. The summed E-state index contributed by atoms with van der Waals surface area (Å²) < 4.78 is 2.38. The molecule has 5 heteroatoms. The number of rotatable bonds is 7. The molecule has 0 amide bonds. The van der Waals surface area contributed by atoms with E-state index in [1.807, 2.05) is 6.20 Å². The molecule has 0 saturated carbocycles. The van der Waals surface area contributed by atoms with Crippen molar-refractivity contribution in [3.05, 3.63) is 206 Å². The van der Waals surface area contributed by atoms with Gasteiger partial charge in [0.2, 0.25) is 0 Å². The minimum absolute atomic E-state index is 0.0106. The second-order valence-corrected chi connectivity index (χ2v) is 19.9. The van der Waals surface area contributed by atoms with Crippen molar-refractivity contribution in [1.29, 1.82) is 0 Å². The molecule has 0 spiro atoms. The number of para-hydroxylation sites is 4. The van der Waals surface area contributed by atoms with Crippen molar-refractivity contribution >= 4 is 73.4 Å². The Bertz CT molecular complexity index is 2840. The molecule has 276 valence electrons. The first-order chi connectivity index (χ1) is 27.9. The van der Waals surface area contributed by atoms with Gasteiger partial charge in [-0.2, -0.15) is 0 Å². The van der Waals surface area contributed by atoms with Crippen molar-refractivity contribution in [2.24, 2.45) is 0 Å².